The number of carbonyl (C=O) groups is 1. The molecule has 0 radical (unpaired) electrons. The molecule has 1 aliphatic rings. The maximum Gasteiger partial charge on any atom is 0.337 e. The molecular weight excluding hydrogens is 234 g/mol. The zero-order chi connectivity index (χ0) is 13.1. The Hall–Kier alpha value is -1.86. The van der Waals surface area contributed by atoms with Crippen LogP contribution in [0.2, 0.25) is 0 Å². The van der Waals surface area contributed by atoms with E-state index in [-0.39, 0.29) is 5.56 Å². The van der Waals surface area contributed by atoms with E-state index < -0.39 is 5.97 Å². The van der Waals surface area contributed by atoms with E-state index in [9.17, 15) is 4.79 Å². The molecule has 0 saturated carbocycles. The number of nitrogens with two attached hydrogens (primary N) is 1. The average Bonchev–Trinajstić information content (AvgIpc) is 2.34. The number of pyridine rings is 1. The Morgan fingerprint density at radius 3 is 2.67 bits per heavy atom. The van der Waals surface area contributed by atoms with Crippen molar-refractivity contribution in [3.63, 3.8) is 0 Å². The van der Waals surface area contributed by atoms with Gasteiger partial charge in [0.15, 0.2) is 5.82 Å². The fourth-order valence-electron chi connectivity index (χ4n) is 1.76. The van der Waals surface area contributed by atoms with Crippen LogP contribution in [0.5, 0.6) is 0 Å². The molecule has 0 spiro atoms. The molecule has 1 saturated heterocycles. The van der Waals surface area contributed by atoms with Crippen molar-refractivity contribution in [1.82, 2.24) is 14.9 Å². The Labute approximate surface area is 105 Å². The van der Waals surface area contributed by atoms with E-state index in [0.29, 0.717) is 11.5 Å². The molecule has 0 bridgehead atoms. The maximum atomic E-state index is 10.8. The molecule has 0 unspecified atom stereocenters. The minimum Gasteiger partial charge on any atom is -0.478 e. The van der Waals surface area contributed by atoms with Crippen molar-refractivity contribution in [3.8, 4) is 0 Å². The highest BCUT2D eigenvalue weighted by Gasteiger charge is 2.15. The van der Waals surface area contributed by atoms with Gasteiger partial charge in [0.1, 0.15) is 0 Å². The lowest BCUT2D eigenvalue weighted by Crippen LogP contribution is -2.47. The van der Waals surface area contributed by atoms with Gasteiger partial charge in [0.2, 0.25) is 0 Å². The van der Waals surface area contributed by atoms with Crippen LogP contribution in [0.4, 0.5) is 11.5 Å². The van der Waals surface area contributed by atoms with Crippen LogP contribution in [0, 0.1) is 0 Å². The first-order chi connectivity index (χ1) is 8.56. The first-order valence-corrected chi connectivity index (χ1v) is 5.75. The number of likely N-dealkylation sites (N-methyl/N-ethyl adjacent to an activating group) is 1. The quantitative estimate of drug-likeness (QED) is 0.692. The molecule has 4 N–H and O–H groups in total. The minimum absolute atomic E-state index is 0.0939. The van der Waals surface area contributed by atoms with E-state index in [1.807, 2.05) is 5.01 Å². The number of aromatic carboxylic acids is 1. The normalized spacial score (nSPS) is 17.6. The van der Waals surface area contributed by atoms with Crippen molar-refractivity contribution >= 4 is 17.5 Å². The lowest BCUT2D eigenvalue weighted by Gasteiger charge is -2.32. The number of rotatable bonds is 3. The number of piperazine rings is 1. The zero-order valence-corrected chi connectivity index (χ0v) is 10.3. The van der Waals surface area contributed by atoms with Gasteiger partial charge in [0.25, 0.3) is 0 Å². The molecule has 1 aromatic heterocycles. The Balaban J connectivity index is 2.03. The summed E-state index contributed by atoms with van der Waals surface area (Å²) in [7, 11) is 2.08. The van der Waals surface area contributed by atoms with E-state index in [1.165, 1.54) is 12.3 Å². The van der Waals surface area contributed by atoms with Gasteiger partial charge in [-0.2, -0.15) is 0 Å². The molecule has 18 heavy (non-hydrogen) atoms. The number of aromatic nitrogens is 1. The Kier molecular flexibility index (Phi) is 3.63. The third-order valence-electron chi connectivity index (χ3n) is 2.93. The first-order valence-electron chi connectivity index (χ1n) is 5.75. The van der Waals surface area contributed by atoms with Crippen LogP contribution in [-0.4, -0.2) is 59.2 Å². The molecule has 2 rings (SSSR count). The van der Waals surface area contributed by atoms with Crippen molar-refractivity contribution in [1.29, 1.82) is 0 Å². The second-order valence-electron chi connectivity index (χ2n) is 4.37. The van der Waals surface area contributed by atoms with Crippen molar-refractivity contribution in [2.75, 3.05) is 44.4 Å². The molecule has 7 nitrogen and oxygen atoms in total. The molecule has 1 fully saturated rings. The highest BCUT2D eigenvalue weighted by atomic mass is 16.4. The summed E-state index contributed by atoms with van der Waals surface area (Å²) in [5.41, 5.74) is 9.33. The number of carboxylic acids is 1. The Morgan fingerprint density at radius 2 is 2.11 bits per heavy atom. The van der Waals surface area contributed by atoms with Crippen LogP contribution in [-0.2, 0) is 0 Å². The largest absolute Gasteiger partial charge is 0.478 e. The molecule has 98 valence electrons. The van der Waals surface area contributed by atoms with Gasteiger partial charge < -0.3 is 21.2 Å². The van der Waals surface area contributed by atoms with Gasteiger partial charge in [0, 0.05) is 32.4 Å². The molecule has 0 aliphatic carbocycles. The van der Waals surface area contributed by atoms with Gasteiger partial charge in [-0.05, 0) is 13.1 Å². The van der Waals surface area contributed by atoms with E-state index in [1.54, 1.807) is 0 Å². The SMILES string of the molecule is CN1CCN(Nc2ncc(C(=O)O)cc2N)CC1. The third kappa shape index (κ3) is 2.88. The van der Waals surface area contributed by atoms with Crippen molar-refractivity contribution in [2.45, 2.75) is 0 Å². The minimum atomic E-state index is -1.03. The van der Waals surface area contributed by atoms with Gasteiger partial charge in [-0.1, -0.05) is 0 Å². The van der Waals surface area contributed by atoms with Crippen LogP contribution in [0.15, 0.2) is 12.3 Å². The fraction of sp³-hybridized carbons (Fsp3) is 0.455. The van der Waals surface area contributed by atoms with E-state index in [0.717, 1.165) is 26.2 Å². The van der Waals surface area contributed by atoms with E-state index in [4.69, 9.17) is 10.8 Å². The Bertz CT molecular complexity index is 443. The maximum absolute atomic E-state index is 10.8. The molecule has 1 aliphatic heterocycles. The van der Waals surface area contributed by atoms with Crippen LogP contribution in [0.3, 0.4) is 0 Å². The number of nitrogen functional groups attached to an aromatic ring is 1. The Morgan fingerprint density at radius 1 is 1.44 bits per heavy atom. The van der Waals surface area contributed by atoms with Crippen LogP contribution in [0.25, 0.3) is 0 Å². The average molecular weight is 251 g/mol. The second kappa shape index (κ2) is 5.19. The van der Waals surface area contributed by atoms with Crippen LogP contribution in [0.1, 0.15) is 10.4 Å². The van der Waals surface area contributed by atoms with Crippen LogP contribution >= 0.6 is 0 Å². The smallest absolute Gasteiger partial charge is 0.337 e. The summed E-state index contributed by atoms with van der Waals surface area (Å²) in [5, 5.41) is 10.8. The predicted molar refractivity (Wildman–Crippen MR) is 68.3 cm³/mol. The number of anilines is 2. The standard InChI is InChI=1S/C11H17N5O2/c1-15-2-4-16(5-3-15)14-10-9(12)6-8(7-13-10)11(17)18/h6-7H,2-5,12H2,1H3,(H,13,14)(H,17,18). The summed E-state index contributed by atoms with van der Waals surface area (Å²) < 4.78 is 0. The van der Waals surface area contributed by atoms with Crippen LogP contribution < -0.4 is 11.2 Å². The molecule has 7 heteroatoms. The van der Waals surface area contributed by atoms with E-state index in [2.05, 4.69) is 22.4 Å². The summed E-state index contributed by atoms with van der Waals surface area (Å²) in [5.74, 6) is -0.523. The lowest BCUT2D eigenvalue weighted by atomic mass is 10.2. The topological polar surface area (TPSA) is 94.7 Å². The third-order valence-corrected chi connectivity index (χ3v) is 2.93. The summed E-state index contributed by atoms with van der Waals surface area (Å²) in [6.07, 6.45) is 1.30. The summed E-state index contributed by atoms with van der Waals surface area (Å²) >= 11 is 0. The number of hydrogen-bond acceptors (Lipinski definition) is 6. The first kappa shape index (κ1) is 12.6. The highest BCUT2D eigenvalue weighted by Crippen LogP contribution is 2.17. The van der Waals surface area contributed by atoms with Crippen molar-refractivity contribution in [3.05, 3.63) is 17.8 Å². The number of hydrazine groups is 1. The molecule has 0 aromatic carbocycles. The van der Waals surface area contributed by atoms with Gasteiger partial charge in [-0.3, -0.25) is 0 Å². The fourth-order valence-corrected chi connectivity index (χ4v) is 1.76. The number of carboxylic acid groups (broad SMARTS) is 1. The summed E-state index contributed by atoms with van der Waals surface area (Å²) in [6, 6.07) is 1.41. The molecule has 0 amide bonds. The molecule has 2 heterocycles. The summed E-state index contributed by atoms with van der Waals surface area (Å²) in [6.45, 7) is 3.69. The van der Waals surface area contributed by atoms with Gasteiger partial charge in [-0.15, -0.1) is 0 Å². The lowest BCUT2D eigenvalue weighted by molar-refractivity contribution is 0.0696. The number of hydrogen-bond donors (Lipinski definition) is 3. The molecule has 1 aromatic rings. The number of nitrogens with zero attached hydrogens (tertiary/aromatic N) is 3. The predicted octanol–water partition coefficient (Wildman–Crippen LogP) is -0.0637. The second-order valence-corrected chi connectivity index (χ2v) is 4.37. The zero-order valence-electron chi connectivity index (χ0n) is 10.3. The van der Waals surface area contributed by atoms with Crippen molar-refractivity contribution in [2.24, 2.45) is 0 Å². The van der Waals surface area contributed by atoms with Gasteiger partial charge in [0.05, 0.1) is 11.3 Å². The van der Waals surface area contributed by atoms with E-state index >= 15 is 0 Å². The molecule has 0 atom stereocenters. The van der Waals surface area contributed by atoms with Gasteiger partial charge >= 0.3 is 5.97 Å². The number of nitrogens with one attached hydrogen (secondary N) is 1. The highest BCUT2D eigenvalue weighted by molar-refractivity contribution is 5.89. The molecular formula is C11H17N5O2. The monoisotopic (exact) mass is 251 g/mol. The van der Waals surface area contributed by atoms with Gasteiger partial charge in [-0.25, -0.2) is 14.8 Å². The summed E-state index contributed by atoms with van der Waals surface area (Å²) in [4.78, 5) is 17.0. The van der Waals surface area contributed by atoms with Crippen molar-refractivity contribution < 1.29 is 9.90 Å².